The summed E-state index contributed by atoms with van der Waals surface area (Å²) in [5, 5.41) is 10.1. The lowest BCUT2D eigenvalue weighted by Gasteiger charge is -2.39. The minimum atomic E-state index is -0.0477. The topological polar surface area (TPSA) is 59.0 Å². The minimum Gasteiger partial charge on any atom is -0.484 e. The standard InChI is InChI=1S/C24H27ClN2O/c25-19-10-12-23(18(13-19)15-26)28-24-21-8-4-2-5-16(21)9-11-22(24)17-6-1-3-7-20(27)14-17/h2,4-5,8,10,12-13,17,20,22,24H,1,3,6-7,9,11,14,27H2/t17?,20-,22-,24+/m1/s1. The van der Waals surface area contributed by atoms with Gasteiger partial charge in [-0.15, -0.1) is 0 Å². The van der Waals surface area contributed by atoms with Crippen molar-refractivity contribution in [3.8, 4) is 11.8 Å². The van der Waals surface area contributed by atoms with E-state index in [1.54, 1.807) is 12.1 Å². The first-order valence-electron chi connectivity index (χ1n) is 10.4. The molecule has 4 heteroatoms. The molecule has 2 N–H and O–H groups in total. The van der Waals surface area contributed by atoms with Gasteiger partial charge in [0.1, 0.15) is 17.9 Å². The Morgan fingerprint density at radius 3 is 2.75 bits per heavy atom. The Bertz CT molecular complexity index is 875. The number of hydrogen-bond donors (Lipinski definition) is 1. The average molecular weight is 395 g/mol. The SMILES string of the molecule is N#Cc1cc(Cl)ccc1O[C@H]1c2ccccc2CC[C@@H]1C1CCCC[C@@H](N)C1. The van der Waals surface area contributed by atoms with Crippen molar-refractivity contribution in [3.63, 3.8) is 0 Å². The van der Waals surface area contributed by atoms with Gasteiger partial charge < -0.3 is 10.5 Å². The molecule has 3 nitrogen and oxygen atoms in total. The predicted molar refractivity (Wildman–Crippen MR) is 112 cm³/mol. The molecule has 0 heterocycles. The molecule has 0 amide bonds. The van der Waals surface area contributed by atoms with E-state index in [9.17, 15) is 5.26 Å². The summed E-state index contributed by atoms with van der Waals surface area (Å²) in [6.45, 7) is 0. The van der Waals surface area contributed by atoms with E-state index in [-0.39, 0.29) is 12.1 Å². The maximum atomic E-state index is 9.55. The van der Waals surface area contributed by atoms with E-state index in [4.69, 9.17) is 22.1 Å². The highest BCUT2D eigenvalue weighted by Crippen LogP contribution is 2.45. The third kappa shape index (κ3) is 4.04. The molecule has 0 spiro atoms. The number of halogens is 1. The zero-order valence-corrected chi connectivity index (χ0v) is 16.9. The van der Waals surface area contributed by atoms with Crippen molar-refractivity contribution < 1.29 is 4.74 Å². The van der Waals surface area contributed by atoms with E-state index in [0.717, 1.165) is 25.7 Å². The van der Waals surface area contributed by atoms with Crippen molar-refractivity contribution >= 4 is 11.6 Å². The molecule has 0 aromatic heterocycles. The fraction of sp³-hybridized carbons (Fsp3) is 0.458. The summed E-state index contributed by atoms with van der Waals surface area (Å²) in [4.78, 5) is 0. The zero-order valence-electron chi connectivity index (χ0n) is 16.1. The van der Waals surface area contributed by atoms with Crippen molar-refractivity contribution in [3.05, 3.63) is 64.2 Å². The van der Waals surface area contributed by atoms with Gasteiger partial charge >= 0.3 is 0 Å². The molecule has 0 aliphatic heterocycles. The number of benzene rings is 2. The number of nitrogens with zero attached hydrogens (tertiary/aromatic N) is 1. The van der Waals surface area contributed by atoms with Crippen LogP contribution in [0.3, 0.4) is 0 Å². The van der Waals surface area contributed by atoms with Crippen LogP contribution in [0.5, 0.6) is 5.75 Å². The van der Waals surface area contributed by atoms with Crippen molar-refractivity contribution in [2.24, 2.45) is 17.6 Å². The van der Waals surface area contributed by atoms with Crippen molar-refractivity contribution in [2.75, 3.05) is 0 Å². The third-order valence-electron chi connectivity index (χ3n) is 6.42. The number of hydrogen-bond acceptors (Lipinski definition) is 3. The predicted octanol–water partition coefficient (Wildman–Crippen LogP) is 5.80. The normalized spacial score (nSPS) is 27.3. The quantitative estimate of drug-likeness (QED) is 0.669. The molecule has 0 radical (unpaired) electrons. The second-order valence-electron chi connectivity index (χ2n) is 8.23. The number of nitriles is 1. The van der Waals surface area contributed by atoms with Gasteiger partial charge in [0.2, 0.25) is 0 Å². The Kier molecular flexibility index (Phi) is 5.90. The van der Waals surface area contributed by atoms with E-state index in [2.05, 4.69) is 30.3 Å². The van der Waals surface area contributed by atoms with Crippen molar-refractivity contribution in [1.29, 1.82) is 5.26 Å². The van der Waals surface area contributed by atoms with Gasteiger partial charge in [0, 0.05) is 17.0 Å². The monoisotopic (exact) mass is 394 g/mol. The Morgan fingerprint density at radius 1 is 1.07 bits per heavy atom. The Hall–Kier alpha value is -2.02. The first-order chi connectivity index (χ1) is 13.7. The molecule has 4 atom stereocenters. The van der Waals surface area contributed by atoms with Gasteiger partial charge in [0.05, 0.1) is 5.56 Å². The summed E-state index contributed by atoms with van der Waals surface area (Å²) in [6, 6.07) is 16.4. The molecule has 28 heavy (non-hydrogen) atoms. The number of nitrogens with two attached hydrogens (primary N) is 1. The highest BCUT2D eigenvalue weighted by Gasteiger charge is 2.37. The van der Waals surface area contributed by atoms with E-state index in [0.29, 0.717) is 28.2 Å². The van der Waals surface area contributed by atoms with Gasteiger partial charge in [-0.05, 0) is 67.3 Å². The molecule has 2 aliphatic carbocycles. The van der Waals surface area contributed by atoms with Crippen LogP contribution >= 0.6 is 11.6 Å². The molecule has 146 valence electrons. The van der Waals surface area contributed by atoms with E-state index in [1.807, 2.05) is 6.07 Å². The van der Waals surface area contributed by atoms with Crippen LogP contribution in [-0.2, 0) is 6.42 Å². The van der Waals surface area contributed by atoms with Crippen LogP contribution in [0.1, 0.15) is 61.3 Å². The Morgan fingerprint density at radius 2 is 1.89 bits per heavy atom. The zero-order chi connectivity index (χ0) is 19.5. The largest absolute Gasteiger partial charge is 0.484 e. The molecular weight excluding hydrogens is 368 g/mol. The van der Waals surface area contributed by atoms with Gasteiger partial charge in [-0.25, -0.2) is 0 Å². The van der Waals surface area contributed by atoms with Gasteiger partial charge in [-0.2, -0.15) is 5.26 Å². The van der Waals surface area contributed by atoms with E-state index >= 15 is 0 Å². The fourth-order valence-corrected chi connectivity index (χ4v) is 5.21. The minimum absolute atomic E-state index is 0.0477. The van der Waals surface area contributed by atoms with Gasteiger partial charge in [-0.1, -0.05) is 48.7 Å². The maximum absolute atomic E-state index is 9.55. The molecule has 1 unspecified atom stereocenters. The van der Waals surface area contributed by atoms with Gasteiger partial charge in [0.25, 0.3) is 0 Å². The van der Waals surface area contributed by atoms with Gasteiger partial charge in [0.15, 0.2) is 0 Å². The molecular formula is C24H27ClN2O. The number of rotatable bonds is 3. The Balaban J connectivity index is 1.69. The summed E-state index contributed by atoms with van der Waals surface area (Å²) < 4.78 is 6.58. The van der Waals surface area contributed by atoms with E-state index < -0.39 is 0 Å². The second kappa shape index (κ2) is 8.55. The maximum Gasteiger partial charge on any atom is 0.138 e. The molecule has 1 saturated carbocycles. The molecule has 1 fully saturated rings. The number of ether oxygens (including phenoxy) is 1. The van der Waals surface area contributed by atoms with Crippen LogP contribution in [0.4, 0.5) is 0 Å². The van der Waals surface area contributed by atoms with Crippen molar-refractivity contribution in [2.45, 2.75) is 57.1 Å². The van der Waals surface area contributed by atoms with Gasteiger partial charge in [-0.3, -0.25) is 0 Å². The van der Waals surface area contributed by atoms with Crippen LogP contribution in [0, 0.1) is 23.2 Å². The molecule has 4 rings (SSSR count). The fourth-order valence-electron chi connectivity index (χ4n) is 5.03. The lowest BCUT2D eigenvalue weighted by molar-refractivity contribution is 0.0706. The Labute approximate surface area is 172 Å². The molecule has 0 saturated heterocycles. The first kappa shape index (κ1) is 19.3. The number of fused-ring (bicyclic) bond motifs is 1. The molecule has 2 aliphatic rings. The van der Waals surface area contributed by atoms with Crippen LogP contribution in [-0.4, -0.2) is 6.04 Å². The summed E-state index contributed by atoms with van der Waals surface area (Å²) >= 11 is 6.08. The van der Waals surface area contributed by atoms with Crippen molar-refractivity contribution in [1.82, 2.24) is 0 Å². The average Bonchev–Trinajstić information content (AvgIpc) is 2.93. The van der Waals surface area contributed by atoms with Crippen LogP contribution < -0.4 is 10.5 Å². The summed E-state index contributed by atoms with van der Waals surface area (Å²) in [7, 11) is 0. The lowest BCUT2D eigenvalue weighted by atomic mass is 9.72. The van der Waals surface area contributed by atoms with Crippen LogP contribution in [0.2, 0.25) is 5.02 Å². The van der Waals surface area contributed by atoms with Crippen LogP contribution in [0.25, 0.3) is 0 Å². The molecule has 2 aromatic rings. The second-order valence-corrected chi connectivity index (χ2v) is 8.67. The lowest BCUT2D eigenvalue weighted by Crippen LogP contribution is -2.33. The number of aryl methyl sites for hydroxylation is 1. The van der Waals surface area contributed by atoms with Crippen LogP contribution in [0.15, 0.2) is 42.5 Å². The summed E-state index contributed by atoms with van der Waals surface area (Å²) in [5.41, 5.74) is 9.50. The summed E-state index contributed by atoms with van der Waals surface area (Å²) in [6.07, 6.45) is 8.02. The molecule has 2 aromatic carbocycles. The highest BCUT2D eigenvalue weighted by atomic mass is 35.5. The highest BCUT2D eigenvalue weighted by molar-refractivity contribution is 6.30. The third-order valence-corrected chi connectivity index (χ3v) is 6.66. The summed E-state index contributed by atoms with van der Waals surface area (Å²) in [5.74, 6) is 1.60. The first-order valence-corrected chi connectivity index (χ1v) is 10.7. The molecule has 0 bridgehead atoms. The van der Waals surface area contributed by atoms with E-state index in [1.165, 1.54) is 30.4 Å². The smallest absolute Gasteiger partial charge is 0.138 e.